The Labute approximate surface area is 172 Å². The first-order chi connectivity index (χ1) is 12.9. The molecule has 0 aromatic rings. The van der Waals surface area contributed by atoms with Gasteiger partial charge in [0.25, 0.3) is 0 Å². The fourth-order valence-electron chi connectivity index (χ4n) is 3.36. The number of hydrogen-bond acceptors (Lipinski definition) is 4. The Balaban J connectivity index is 1.91. The highest BCUT2D eigenvalue weighted by Gasteiger charge is 2.10. The van der Waals surface area contributed by atoms with Crippen molar-refractivity contribution in [2.24, 2.45) is 0 Å². The average molecular weight is 405 g/mol. The van der Waals surface area contributed by atoms with Gasteiger partial charge in [0.15, 0.2) is 0 Å². The van der Waals surface area contributed by atoms with Gasteiger partial charge in [0.2, 0.25) is 0 Å². The van der Waals surface area contributed by atoms with Crippen molar-refractivity contribution in [2.45, 2.75) is 96.5 Å². The van der Waals surface area contributed by atoms with E-state index in [9.17, 15) is 0 Å². The first-order valence-electron chi connectivity index (χ1n) is 11.3. The first kappa shape index (κ1) is 24.7. The van der Waals surface area contributed by atoms with Crippen molar-refractivity contribution in [3.63, 3.8) is 0 Å². The minimum absolute atomic E-state index is 0.461. The van der Waals surface area contributed by atoms with E-state index in [0.29, 0.717) is 6.10 Å². The molecule has 1 atom stereocenters. The Kier molecular flexibility index (Phi) is 19.3. The van der Waals surface area contributed by atoms with Crippen LogP contribution in [-0.2, 0) is 9.47 Å². The van der Waals surface area contributed by atoms with Gasteiger partial charge in [-0.25, -0.2) is 0 Å². The maximum absolute atomic E-state index is 6.13. The van der Waals surface area contributed by atoms with Crippen molar-refractivity contribution < 1.29 is 9.47 Å². The summed E-state index contributed by atoms with van der Waals surface area (Å²) >= 11 is 3.96. The van der Waals surface area contributed by atoms with Crippen molar-refractivity contribution in [1.82, 2.24) is 0 Å². The molecule has 0 radical (unpaired) electrons. The van der Waals surface area contributed by atoms with Crippen LogP contribution in [0.2, 0.25) is 0 Å². The number of rotatable bonds is 13. The van der Waals surface area contributed by atoms with E-state index in [1.807, 2.05) is 23.5 Å². The Morgan fingerprint density at radius 1 is 0.654 bits per heavy atom. The Morgan fingerprint density at radius 2 is 1.19 bits per heavy atom. The molecule has 1 rings (SSSR count). The molecule has 1 aliphatic heterocycles. The molecule has 156 valence electrons. The normalized spacial score (nSPS) is 20.4. The molecule has 0 spiro atoms. The lowest BCUT2D eigenvalue weighted by Gasteiger charge is -2.18. The Hall–Kier alpha value is 0.620. The molecular weight excluding hydrogens is 360 g/mol. The van der Waals surface area contributed by atoms with Gasteiger partial charge < -0.3 is 9.47 Å². The van der Waals surface area contributed by atoms with Gasteiger partial charge in [-0.2, -0.15) is 23.5 Å². The molecule has 1 heterocycles. The third kappa shape index (κ3) is 16.8. The minimum Gasteiger partial charge on any atom is -0.380 e. The van der Waals surface area contributed by atoms with Crippen molar-refractivity contribution in [3.05, 3.63) is 0 Å². The van der Waals surface area contributed by atoms with E-state index >= 15 is 0 Å². The van der Waals surface area contributed by atoms with Crippen LogP contribution in [0.5, 0.6) is 0 Å². The van der Waals surface area contributed by atoms with Gasteiger partial charge in [0, 0.05) is 23.0 Å². The summed E-state index contributed by atoms with van der Waals surface area (Å²) in [6.07, 6.45) is 18.8. The van der Waals surface area contributed by atoms with Crippen LogP contribution in [0.4, 0.5) is 0 Å². The molecule has 2 nitrogen and oxygen atoms in total. The van der Waals surface area contributed by atoms with Crippen LogP contribution in [0.15, 0.2) is 0 Å². The molecule has 1 saturated heterocycles. The Morgan fingerprint density at radius 3 is 1.85 bits per heavy atom. The number of ether oxygens (including phenoxy) is 2. The highest BCUT2D eigenvalue weighted by atomic mass is 32.2. The molecule has 0 aromatic carbocycles. The molecular formula is C22H44O2S2. The van der Waals surface area contributed by atoms with Crippen LogP contribution in [0.3, 0.4) is 0 Å². The van der Waals surface area contributed by atoms with Gasteiger partial charge in [0.1, 0.15) is 0 Å². The number of thioether (sulfide) groups is 2. The molecule has 1 unspecified atom stereocenters. The summed E-state index contributed by atoms with van der Waals surface area (Å²) in [5.74, 6) is 4.48. The van der Waals surface area contributed by atoms with Gasteiger partial charge in [0.05, 0.1) is 25.9 Å². The molecule has 0 N–H and O–H groups in total. The summed E-state index contributed by atoms with van der Waals surface area (Å²) in [4.78, 5) is 0. The van der Waals surface area contributed by atoms with E-state index in [1.165, 1.54) is 83.5 Å². The summed E-state index contributed by atoms with van der Waals surface area (Å²) in [6.45, 7) is 5.00. The van der Waals surface area contributed by atoms with Crippen molar-refractivity contribution in [2.75, 3.05) is 42.8 Å². The van der Waals surface area contributed by atoms with E-state index in [2.05, 4.69) is 6.92 Å². The van der Waals surface area contributed by atoms with Crippen molar-refractivity contribution in [3.8, 4) is 0 Å². The largest absolute Gasteiger partial charge is 0.380 e. The third-order valence-corrected chi connectivity index (χ3v) is 6.98. The van der Waals surface area contributed by atoms with Gasteiger partial charge in [-0.15, -0.1) is 0 Å². The highest BCUT2D eigenvalue weighted by Crippen LogP contribution is 2.17. The lowest BCUT2D eigenvalue weighted by Crippen LogP contribution is -2.19. The van der Waals surface area contributed by atoms with Crippen LogP contribution in [0, 0.1) is 0 Å². The van der Waals surface area contributed by atoms with Crippen LogP contribution in [-0.4, -0.2) is 48.9 Å². The lowest BCUT2D eigenvalue weighted by atomic mass is 10.0. The van der Waals surface area contributed by atoms with Crippen LogP contribution >= 0.6 is 23.5 Å². The molecule has 1 fully saturated rings. The molecule has 26 heavy (non-hydrogen) atoms. The first-order valence-corrected chi connectivity index (χ1v) is 13.6. The second-order valence-corrected chi connectivity index (χ2v) is 9.84. The molecule has 0 aliphatic carbocycles. The molecule has 0 aromatic heterocycles. The summed E-state index contributed by atoms with van der Waals surface area (Å²) < 4.78 is 11.8. The molecule has 0 amide bonds. The minimum atomic E-state index is 0.461. The second-order valence-electron chi connectivity index (χ2n) is 7.47. The van der Waals surface area contributed by atoms with Gasteiger partial charge in [-0.1, -0.05) is 84.0 Å². The third-order valence-electron chi connectivity index (χ3n) is 5.01. The quantitative estimate of drug-likeness (QED) is 0.309. The van der Waals surface area contributed by atoms with Crippen LogP contribution in [0.25, 0.3) is 0 Å². The van der Waals surface area contributed by atoms with E-state index in [-0.39, 0.29) is 0 Å². The van der Waals surface area contributed by atoms with E-state index in [1.54, 1.807) is 0 Å². The molecule has 1 aliphatic rings. The Bertz CT molecular complexity index is 265. The van der Waals surface area contributed by atoms with E-state index < -0.39 is 0 Å². The van der Waals surface area contributed by atoms with Gasteiger partial charge in [-0.3, -0.25) is 0 Å². The predicted octanol–water partition coefficient (Wildman–Crippen LogP) is 6.96. The second kappa shape index (κ2) is 20.4. The van der Waals surface area contributed by atoms with Crippen LogP contribution in [0.1, 0.15) is 90.4 Å². The fraction of sp³-hybridized carbons (Fsp3) is 1.00. The average Bonchev–Trinajstić information content (AvgIpc) is 2.64. The molecule has 4 heteroatoms. The SMILES string of the molecule is CCCCCCCCCCCCCCC1CSCCOCCSCCO1. The summed E-state index contributed by atoms with van der Waals surface area (Å²) in [5, 5.41) is 0. The number of hydrogen-bond donors (Lipinski definition) is 0. The zero-order valence-electron chi connectivity index (χ0n) is 17.4. The highest BCUT2D eigenvalue weighted by molar-refractivity contribution is 7.99. The maximum atomic E-state index is 6.13. The topological polar surface area (TPSA) is 18.5 Å². The zero-order valence-corrected chi connectivity index (χ0v) is 19.0. The lowest BCUT2D eigenvalue weighted by molar-refractivity contribution is 0.0733. The fourth-order valence-corrected chi connectivity index (χ4v) is 4.94. The smallest absolute Gasteiger partial charge is 0.0665 e. The van der Waals surface area contributed by atoms with Crippen LogP contribution < -0.4 is 0 Å². The standard InChI is InChI=1S/C22H44O2S2/c1-2-3-4-5-6-7-8-9-10-11-12-13-14-22-21-26-19-16-23-15-18-25-20-17-24-22/h22H,2-21H2,1H3. The van der Waals surface area contributed by atoms with Crippen molar-refractivity contribution in [1.29, 1.82) is 0 Å². The monoisotopic (exact) mass is 404 g/mol. The van der Waals surface area contributed by atoms with E-state index in [0.717, 1.165) is 42.8 Å². The predicted molar refractivity (Wildman–Crippen MR) is 121 cm³/mol. The number of unbranched alkanes of at least 4 members (excludes halogenated alkanes) is 11. The summed E-state index contributed by atoms with van der Waals surface area (Å²) in [6, 6.07) is 0. The van der Waals surface area contributed by atoms with Gasteiger partial charge in [-0.05, 0) is 6.42 Å². The van der Waals surface area contributed by atoms with Crippen molar-refractivity contribution >= 4 is 23.5 Å². The summed E-state index contributed by atoms with van der Waals surface area (Å²) in [7, 11) is 0. The van der Waals surface area contributed by atoms with E-state index in [4.69, 9.17) is 9.47 Å². The molecule has 0 bridgehead atoms. The zero-order chi connectivity index (χ0) is 18.5. The summed E-state index contributed by atoms with van der Waals surface area (Å²) in [5.41, 5.74) is 0. The maximum Gasteiger partial charge on any atom is 0.0665 e. The van der Waals surface area contributed by atoms with Gasteiger partial charge >= 0.3 is 0 Å². The molecule has 0 saturated carbocycles.